The number of hydrogen-bond acceptors (Lipinski definition) is 1. The van der Waals surface area contributed by atoms with Crippen LogP contribution in [0.2, 0.25) is 0 Å². The molecule has 0 aliphatic heterocycles. The molecule has 0 N–H and O–H groups in total. The van der Waals surface area contributed by atoms with Crippen molar-refractivity contribution in [2.75, 3.05) is 0 Å². The molecule has 0 saturated carbocycles. The zero-order chi connectivity index (χ0) is 14.2. The Morgan fingerprint density at radius 2 is 1.79 bits per heavy atom. The summed E-state index contributed by atoms with van der Waals surface area (Å²) in [6.45, 7) is 0. The van der Waals surface area contributed by atoms with E-state index in [2.05, 4.69) is 15.9 Å². The van der Waals surface area contributed by atoms with Crippen molar-refractivity contribution < 1.29 is 18.0 Å². The van der Waals surface area contributed by atoms with E-state index in [1.54, 1.807) is 22.6 Å². The van der Waals surface area contributed by atoms with E-state index in [4.69, 9.17) is 0 Å². The third-order valence-electron chi connectivity index (χ3n) is 2.45. The second-order valence-corrected chi connectivity index (χ2v) is 5.69. The normalized spacial score (nSPS) is 10.6. The van der Waals surface area contributed by atoms with Gasteiger partial charge in [-0.1, -0.05) is 0 Å². The van der Waals surface area contributed by atoms with Crippen LogP contribution in [-0.2, 0) is 0 Å². The van der Waals surface area contributed by atoms with Crippen molar-refractivity contribution in [2.45, 2.75) is 0 Å². The molecule has 0 saturated heterocycles. The average molecular weight is 441 g/mol. The number of carbonyl (C=O) groups excluding carboxylic acids is 1. The highest BCUT2D eigenvalue weighted by atomic mass is 127. The highest BCUT2D eigenvalue weighted by Gasteiger charge is 2.22. The average Bonchev–Trinajstić information content (AvgIpc) is 2.34. The van der Waals surface area contributed by atoms with Crippen molar-refractivity contribution >= 4 is 44.3 Å². The summed E-state index contributed by atoms with van der Waals surface area (Å²) in [5.74, 6) is -3.26. The molecule has 0 atom stereocenters. The van der Waals surface area contributed by atoms with Gasteiger partial charge in [0, 0.05) is 9.13 Å². The lowest BCUT2D eigenvalue weighted by Crippen LogP contribution is -2.10. The molecular formula is C13H5BrF3IO. The maximum absolute atomic E-state index is 13.8. The van der Waals surface area contributed by atoms with E-state index in [0.29, 0.717) is 3.57 Å². The highest BCUT2D eigenvalue weighted by Crippen LogP contribution is 2.25. The van der Waals surface area contributed by atoms with Gasteiger partial charge in [0.05, 0.1) is 10.0 Å². The van der Waals surface area contributed by atoms with Crippen LogP contribution in [0.25, 0.3) is 0 Å². The van der Waals surface area contributed by atoms with Crippen LogP contribution >= 0.6 is 38.5 Å². The predicted octanol–water partition coefficient (Wildman–Crippen LogP) is 4.70. The minimum Gasteiger partial charge on any atom is -0.288 e. The quantitative estimate of drug-likeness (QED) is 0.376. The summed E-state index contributed by atoms with van der Waals surface area (Å²) in [6.07, 6.45) is 0. The molecule has 2 aromatic rings. The first kappa shape index (κ1) is 14.5. The lowest BCUT2D eigenvalue weighted by atomic mass is 10.0. The maximum Gasteiger partial charge on any atom is 0.200 e. The zero-order valence-electron chi connectivity index (χ0n) is 9.18. The molecule has 19 heavy (non-hydrogen) atoms. The fourth-order valence-corrected chi connectivity index (χ4v) is 2.60. The Balaban J connectivity index is 2.59. The third kappa shape index (κ3) is 2.84. The standard InChI is InChI=1S/C13H5BrF3IO/c14-8-3-4-9(16)11(12(8)17)13(19)7-2-1-6(15)5-10(7)18/h1-5H. The van der Waals surface area contributed by atoms with E-state index >= 15 is 0 Å². The first-order chi connectivity index (χ1) is 8.91. The fraction of sp³-hybridized carbons (Fsp3) is 0. The van der Waals surface area contributed by atoms with Crippen LogP contribution in [0.1, 0.15) is 15.9 Å². The minimum absolute atomic E-state index is 0.00521. The molecule has 0 amide bonds. The Bertz CT molecular complexity index is 673. The Hall–Kier alpha value is -0.890. The van der Waals surface area contributed by atoms with Gasteiger partial charge < -0.3 is 0 Å². The molecule has 6 heteroatoms. The van der Waals surface area contributed by atoms with E-state index in [1.165, 1.54) is 12.1 Å². The molecule has 0 bridgehead atoms. The summed E-state index contributed by atoms with van der Waals surface area (Å²) in [5, 5.41) is 0. The molecule has 0 unspecified atom stereocenters. The topological polar surface area (TPSA) is 17.1 Å². The van der Waals surface area contributed by atoms with Crippen LogP contribution in [0.4, 0.5) is 13.2 Å². The Morgan fingerprint density at radius 1 is 1.11 bits per heavy atom. The van der Waals surface area contributed by atoms with Gasteiger partial charge in [0.15, 0.2) is 11.6 Å². The van der Waals surface area contributed by atoms with Crippen LogP contribution in [0.5, 0.6) is 0 Å². The Labute approximate surface area is 129 Å². The minimum atomic E-state index is -0.967. The molecule has 0 aromatic heterocycles. The van der Waals surface area contributed by atoms with Crippen molar-refractivity contribution in [2.24, 2.45) is 0 Å². The first-order valence-corrected chi connectivity index (χ1v) is 6.92. The summed E-state index contributed by atoms with van der Waals surface area (Å²) < 4.78 is 40.7. The molecule has 2 aromatic carbocycles. The molecule has 0 spiro atoms. The van der Waals surface area contributed by atoms with Crippen molar-refractivity contribution in [3.8, 4) is 0 Å². The summed E-state index contributed by atoms with van der Waals surface area (Å²) in [7, 11) is 0. The van der Waals surface area contributed by atoms with Crippen molar-refractivity contribution in [3.05, 3.63) is 67.0 Å². The van der Waals surface area contributed by atoms with Gasteiger partial charge in [-0.2, -0.15) is 0 Å². The molecule has 2 rings (SSSR count). The molecule has 98 valence electrons. The number of hydrogen-bond donors (Lipinski definition) is 0. The van der Waals surface area contributed by atoms with Crippen LogP contribution in [0, 0.1) is 21.0 Å². The van der Waals surface area contributed by atoms with Crippen LogP contribution < -0.4 is 0 Å². The summed E-state index contributed by atoms with van der Waals surface area (Å²) in [5.41, 5.74) is -0.600. The Morgan fingerprint density at radius 3 is 2.42 bits per heavy atom. The fourth-order valence-electron chi connectivity index (χ4n) is 1.54. The molecule has 0 aliphatic carbocycles. The second kappa shape index (κ2) is 5.62. The maximum atomic E-state index is 13.8. The van der Waals surface area contributed by atoms with E-state index < -0.39 is 28.8 Å². The van der Waals surface area contributed by atoms with E-state index in [9.17, 15) is 18.0 Å². The van der Waals surface area contributed by atoms with Crippen molar-refractivity contribution in [1.82, 2.24) is 0 Å². The van der Waals surface area contributed by atoms with Gasteiger partial charge in [-0.25, -0.2) is 13.2 Å². The molecule has 0 aliphatic rings. The number of halogens is 5. The van der Waals surface area contributed by atoms with Crippen molar-refractivity contribution in [3.63, 3.8) is 0 Å². The molecular weight excluding hydrogens is 436 g/mol. The smallest absolute Gasteiger partial charge is 0.200 e. The van der Waals surface area contributed by atoms with Gasteiger partial charge in [-0.05, 0) is 68.9 Å². The SMILES string of the molecule is O=C(c1ccc(F)cc1I)c1c(F)ccc(Br)c1F. The van der Waals surface area contributed by atoms with Gasteiger partial charge in [0.25, 0.3) is 0 Å². The lowest BCUT2D eigenvalue weighted by Gasteiger charge is -2.07. The third-order valence-corrected chi connectivity index (χ3v) is 3.95. The van der Waals surface area contributed by atoms with Crippen LogP contribution in [-0.4, -0.2) is 5.78 Å². The summed E-state index contributed by atoms with van der Waals surface area (Å²) in [6, 6.07) is 5.58. The summed E-state index contributed by atoms with van der Waals surface area (Å²) in [4.78, 5) is 12.1. The second-order valence-electron chi connectivity index (χ2n) is 3.67. The molecule has 0 heterocycles. The predicted molar refractivity (Wildman–Crippen MR) is 76.6 cm³/mol. The van der Waals surface area contributed by atoms with Gasteiger partial charge >= 0.3 is 0 Å². The number of rotatable bonds is 2. The zero-order valence-corrected chi connectivity index (χ0v) is 12.9. The monoisotopic (exact) mass is 440 g/mol. The van der Waals surface area contributed by atoms with Gasteiger partial charge in [-0.15, -0.1) is 0 Å². The van der Waals surface area contributed by atoms with Crippen LogP contribution in [0.3, 0.4) is 0 Å². The van der Waals surface area contributed by atoms with E-state index in [0.717, 1.165) is 18.2 Å². The van der Waals surface area contributed by atoms with E-state index in [-0.39, 0.29) is 10.0 Å². The number of ketones is 1. The number of carbonyl (C=O) groups is 1. The Kier molecular flexibility index (Phi) is 4.29. The molecule has 1 nitrogen and oxygen atoms in total. The molecule has 0 radical (unpaired) electrons. The first-order valence-electron chi connectivity index (χ1n) is 5.05. The van der Waals surface area contributed by atoms with Gasteiger partial charge in [0.2, 0.25) is 0 Å². The van der Waals surface area contributed by atoms with Crippen molar-refractivity contribution in [1.29, 1.82) is 0 Å². The largest absolute Gasteiger partial charge is 0.288 e. The van der Waals surface area contributed by atoms with Crippen LogP contribution in [0.15, 0.2) is 34.8 Å². The van der Waals surface area contributed by atoms with Gasteiger partial charge in [-0.3, -0.25) is 4.79 Å². The number of benzene rings is 2. The molecule has 0 fully saturated rings. The van der Waals surface area contributed by atoms with E-state index in [1.807, 2.05) is 0 Å². The van der Waals surface area contributed by atoms with Gasteiger partial charge in [0.1, 0.15) is 11.6 Å². The summed E-state index contributed by atoms with van der Waals surface area (Å²) >= 11 is 4.64. The lowest BCUT2D eigenvalue weighted by molar-refractivity contribution is 0.103. The highest BCUT2D eigenvalue weighted by molar-refractivity contribution is 14.1.